The summed E-state index contributed by atoms with van der Waals surface area (Å²) < 4.78 is 24.6. The highest BCUT2D eigenvalue weighted by molar-refractivity contribution is 5.78. The predicted octanol–water partition coefficient (Wildman–Crippen LogP) is 2.46. The van der Waals surface area contributed by atoms with Gasteiger partial charge in [0.15, 0.2) is 0 Å². The normalized spacial score (nSPS) is 10.6. The van der Waals surface area contributed by atoms with Gasteiger partial charge in [-0.1, -0.05) is 6.07 Å². The van der Waals surface area contributed by atoms with Gasteiger partial charge >= 0.3 is 0 Å². The van der Waals surface area contributed by atoms with Crippen molar-refractivity contribution in [2.45, 2.75) is 19.8 Å². The van der Waals surface area contributed by atoms with Gasteiger partial charge in [0.2, 0.25) is 0 Å². The van der Waals surface area contributed by atoms with Crippen LogP contribution in [0.4, 0.5) is 8.78 Å². The fraction of sp³-hybridized carbons (Fsp3) is 0.300. The Morgan fingerprint density at radius 1 is 1.50 bits per heavy atom. The van der Waals surface area contributed by atoms with Crippen LogP contribution in [0.25, 0.3) is 0 Å². The largest absolute Gasteiger partial charge is 0.507 e. The smallest absolute Gasteiger partial charge is 0.267 e. The first kappa shape index (κ1) is 10.6. The van der Waals surface area contributed by atoms with Crippen LogP contribution >= 0.6 is 0 Å². The number of hydrogen-bond acceptors (Lipinski definition) is 2. The summed E-state index contributed by atoms with van der Waals surface area (Å²) in [7, 11) is 0. The maximum absolute atomic E-state index is 12.3. The molecule has 1 aromatic rings. The minimum Gasteiger partial charge on any atom is -0.507 e. The summed E-state index contributed by atoms with van der Waals surface area (Å²) in [6, 6.07) is 3.80. The van der Waals surface area contributed by atoms with Crippen molar-refractivity contribution in [1.82, 2.24) is 0 Å². The third-order valence-corrected chi connectivity index (χ3v) is 1.78. The number of benzene rings is 1. The lowest BCUT2D eigenvalue weighted by atomic mass is 10.1. The van der Waals surface area contributed by atoms with Crippen LogP contribution in [0.15, 0.2) is 18.2 Å². The number of alkyl halides is 2. The van der Waals surface area contributed by atoms with Crippen molar-refractivity contribution < 1.29 is 18.7 Å². The quantitative estimate of drug-likeness (QED) is 0.813. The van der Waals surface area contributed by atoms with E-state index in [1.165, 1.54) is 19.1 Å². The molecule has 0 aliphatic carbocycles. The molecular formula is C10H10F2O2. The zero-order chi connectivity index (χ0) is 10.7. The van der Waals surface area contributed by atoms with E-state index in [0.717, 1.165) is 6.07 Å². The Balaban J connectivity index is 3.00. The first-order valence-electron chi connectivity index (χ1n) is 4.10. The van der Waals surface area contributed by atoms with Crippen LogP contribution in [0.3, 0.4) is 0 Å². The molecule has 0 atom stereocenters. The number of carbonyl (C=O) groups is 1. The third kappa shape index (κ3) is 2.52. The van der Waals surface area contributed by atoms with E-state index in [0.29, 0.717) is 5.56 Å². The van der Waals surface area contributed by atoms with E-state index < -0.39 is 17.7 Å². The molecule has 1 rings (SSSR count). The Bertz CT molecular complexity index is 348. The second-order valence-corrected chi connectivity index (χ2v) is 3.07. The van der Waals surface area contributed by atoms with Gasteiger partial charge in [-0.2, -0.15) is 0 Å². The molecular weight excluding hydrogens is 190 g/mol. The summed E-state index contributed by atoms with van der Waals surface area (Å²) in [4.78, 5) is 10.7. The molecule has 0 amide bonds. The molecule has 0 bridgehead atoms. The number of phenols is 1. The third-order valence-electron chi connectivity index (χ3n) is 1.78. The highest BCUT2D eigenvalue weighted by Crippen LogP contribution is 2.28. The van der Waals surface area contributed by atoms with E-state index in [1.54, 1.807) is 0 Å². The molecule has 0 fully saturated rings. The van der Waals surface area contributed by atoms with Crippen molar-refractivity contribution in [3.8, 4) is 5.75 Å². The van der Waals surface area contributed by atoms with Gasteiger partial charge in [0.25, 0.3) is 6.43 Å². The molecule has 0 saturated carbocycles. The number of ketones is 1. The predicted molar refractivity (Wildman–Crippen MR) is 47.4 cm³/mol. The van der Waals surface area contributed by atoms with Gasteiger partial charge in [-0.05, 0) is 24.6 Å². The highest BCUT2D eigenvalue weighted by atomic mass is 19.3. The maximum Gasteiger partial charge on any atom is 0.267 e. The number of halogens is 2. The van der Waals surface area contributed by atoms with Crippen LogP contribution in [-0.2, 0) is 11.2 Å². The molecule has 0 aromatic heterocycles. The topological polar surface area (TPSA) is 37.3 Å². The lowest BCUT2D eigenvalue weighted by Gasteiger charge is -2.05. The van der Waals surface area contributed by atoms with Crippen LogP contribution in [0.5, 0.6) is 5.75 Å². The van der Waals surface area contributed by atoms with Crippen LogP contribution in [0.2, 0.25) is 0 Å². The summed E-state index contributed by atoms with van der Waals surface area (Å²) in [5.74, 6) is -0.539. The molecule has 0 aliphatic heterocycles. The molecule has 1 aromatic carbocycles. The van der Waals surface area contributed by atoms with E-state index in [4.69, 9.17) is 5.11 Å². The first-order chi connectivity index (χ1) is 6.50. The van der Waals surface area contributed by atoms with Gasteiger partial charge in [0.1, 0.15) is 11.5 Å². The van der Waals surface area contributed by atoms with Gasteiger partial charge in [-0.25, -0.2) is 8.78 Å². The number of Topliss-reactive ketones (excluding diaryl/α,β-unsaturated/α-hetero) is 1. The second-order valence-electron chi connectivity index (χ2n) is 3.07. The van der Waals surface area contributed by atoms with Crippen molar-refractivity contribution in [2.75, 3.05) is 0 Å². The molecule has 76 valence electrons. The highest BCUT2D eigenvalue weighted by Gasteiger charge is 2.13. The van der Waals surface area contributed by atoms with E-state index in [9.17, 15) is 13.6 Å². The van der Waals surface area contributed by atoms with E-state index in [1.807, 2.05) is 0 Å². The SMILES string of the molecule is CC(=O)Cc1ccc(O)c(C(F)F)c1. The number of rotatable bonds is 3. The summed E-state index contributed by atoms with van der Waals surface area (Å²) in [6.07, 6.45) is -2.61. The van der Waals surface area contributed by atoms with Crippen molar-refractivity contribution in [3.05, 3.63) is 29.3 Å². The molecule has 4 heteroatoms. The zero-order valence-corrected chi connectivity index (χ0v) is 7.63. The Morgan fingerprint density at radius 3 is 2.64 bits per heavy atom. The molecule has 14 heavy (non-hydrogen) atoms. The molecule has 0 heterocycles. The average molecular weight is 200 g/mol. The van der Waals surface area contributed by atoms with Crippen molar-refractivity contribution in [2.24, 2.45) is 0 Å². The van der Waals surface area contributed by atoms with Gasteiger partial charge < -0.3 is 5.11 Å². The minimum absolute atomic E-state index is 0.101. The van der Waals surface area contributed by atoms with E-state index in [-0.39, 0.29) is 12.2 Å². The van der Waals surface area contributed by atoms with E-state index in [2.05, 4.69) is 0 Å². The molecule has 0 unspecified atom stereocenters. The van der Waals surface area contributed by atoms with Crippen molar-refractivity contribution in [1.29, 1.82) is 0 Å². The second kappa shape index (κ2) is 4.17. The molecule has 0 radical (unpaired) electrons. The van der Waals surface area contributed by atoms with E-state index >= 15 is 0 Å². The number of aromatic hydroxyl groups is 1. The Labute approximate surface area is 80.2 Å². The molecule has 0 saturated heterocycles. The molecule has 2 nitrogen and oxygen atoms in total. The Kier molecular flexibility index (Phi) is 3.17. The molecule has 1 N–H and O–H groups in total. The zero-order valence-electron chi connectivity index (χ0n) is 7.63. The molecule has 0 spiro atoms. The first-order valence-corrected chi connectivity index (χ1v) is 4.10. The monoisotopic (exact) mass is 200 g/mol. The van der Waals surface area contributed by atoms with Gasteiger partial charge in [0, 0.05) is 6.42 Å². The fourth-order valence-corrected chi connectivity index (χ4v) is 1.18. The number of phenolic OH excluding ortho intramolecular Hbond substituents is 1. The summed E-state index contributed by atoms with van der Waals surface area (Å²) in [6.45, 7) is 1.38. The number of hydrogen-bond donors (Lipinski definition) is 1. The Hall–Kier alpha value is -1.45. The lowest BCUT2D eigenvalue weighted by Crippen LogP contribution is -1.97. The van der Waals surface area contributed by atoms with Crippen LogP contribution in [0, 0.1) is 0 Å². The summed E-state index contributed by atoms with van der Waals surface area (Å²) >= 11 is 0. The summed E-state index contributed by atoms with van der Waals surface area (Å²) in [5, 5.41) is 9.07. The molecule has 0 aliphatic rings. The number of carbonyl (C=O) groups excluding carboxylic acids is 1. The maximum atomic E-state index is 12.3. The summed E-state index contributed by atoms with van der Waals surface area (Å²) in [5.41, 5.74) is 0.0642. The van der Waals surface area contributed by atoms with Gasteiger partial charge in [-0.15, -0.1) is 0 Å². The lowest BCUT2D eigenvalue weighted by molar-refractivity contribution is -0.116. The van der Waals surface area contributed by atoms with Gasteiger partial charge in [-0.3, -0.25) is 4.79 Å². The van der Waals surface area contributed by atoms with Crippen LogP contribution in [-0.4, -0.2) is 10.9 Å². The van der Waals surface area contributed by atoms with Crippen LogP contribution < -0.4 is 0 Å². The van der Waals surface area contributed by atoms with Crippen molar-refractivity contribution >= 4 is 5.78 Å². The van der Waals surface area contributed by atoms with Gasteiger partial charge in [0.05, 0.1) is 5.56 Å². The Morgan fingerprint density at radius 2 is 2.14 bits per heavy atom. The standard InChI is InChI=1S/C10H10F2O2/c1-6(13)4-7-2-3-9(14)8(5-7)10(11)12/h2-3,5,10,14H,4H2,1H3. The average Bonchev–Trinajstić information content (AvgIpc) is 2.07. The fourth-order valence-electron chi connectivity index (χ4n) is 1.18. The van der Waals surface area contributed by atoms with Crippen molar-refractivity contribution in [3.63, 3.8) is 0 Å². The minimum atomic E-state index is -2.72. The van der Waals surface area contributed by atoms with Crippen LogP contribution in [0.1, 0.15) is 24.5 Å².